The fraction of sp³-hybridized carbons (Fsp3) is 0.143. The third-order valence-corrected chi connectivity index (χ3v) is 4.53. The summed E-state index contributed by atoms with van der Waals surface area (Å²) >= 11 is 0. The van der Waals surface area contributed by atoms with Gasteiger partial charge in [-0.25, -0.2) is 0 Å². The molecule has 2 heterocycles. The molecule has 158 valence electrons. The molecule has 0 saturated heterocycles. The van der Waals surface area contributed by atoms with Gasteiger partial charge in [0.2, 0.25) is 5.95 Å². The molecule has 1 atom stereocenters. The molecule has 0 bridgehead atoms. The fourth-order valence-electron chi connectivity index (χ4n) is 3.04. The van der Waals surface area contributed by atoms with Crippen LogP contribution in [-0.2, 0) is 6.18 Å². The Morgan fingerprint density at radius 3 is 2.37 bits per heavy atom. The van der Waals surface area contributed by atoms with Gasteiger partial charge >= 0.3 is 6.18 Å². The fourth-order valence-corrected chi connectivity index (χ4v) is 3.04. The Morgan fingerprint density at radius 1 is 0.967 bits per heavy atom. The van der Waals surface area contributed by atoms with E-state index in [1.54, 1.807) is 22.7 Å². The molecule has 30 heavy (non-hydrogen) atoms. The van der Waals surface area contributed by atoms with Gasteiger partial charge in [-0.05, 0) is 42.0 Å². The van der Waals surface area contributed by atoms with E-state index in [-0.39, 0.29) is 21.5 Å². The second-order valence-electron chi connectivity index (χ2n) is 6.61. The van der Waals surface area contributed by atoms with Gasteiger partial charge in [0.25, 0.3) is 0 Å². The van der Waals surface area contributed by atoms with Gasteiger partial charge in [0.15, 0.2) is 5.65 Å². The van der Waals surface area contributed by atoms with Crippen molar-refractivity contribution in [3.63, 3.8) is 0 Å². The first-order valence-corrected chi connectivity index (χ1v) is 9.16. The van der Waals surface area contributed by atoms with Crippen LogP contribution in [0.1, 0.15) is 20.0 Å². The van der Waals surface area contributed by atoms with E-state index in [4.69, 9.17) is 0 Å². The molecule has 0 saturated carbocycles. The van der Waals surface area contributed by atoms with Crippen molar-refractivity contribution in [3.05, 3.63) is 83.9 Å². The maximum atomic E-state index is 12.7. The van der Waals surface area contributed by atoms with Crippen molar-refractivity contribution in [3.8, 4) is 0 Å². The molecule has 0 radical (unpaired) electrons. The van der Waals surface area contributed by atoms with E-state index in [9.17, 15) is 18.3 Å². The second-order valence-corrected chi connectivity index (χ2v) is 6.61. The van der Waals surface area contributed by atoms with Crippen LogP contribution in [0.5, 0.6) is 0 Å². The van der Waals surface area contributed by atoms with Gasteiger partial charge in [-0.15, -0.1) is 5.10 Å². The zero-order valence-corrected chi connectivity index (χ0v) is 15.6. The lowest BCUT2D eigenvalue weighted by atomic mass is 10.1. The predicted octanol–water partition coefficient (Wildman–Crippen LogP) is 5.13. The zero-order chi connectivity index (χ0) is 21.1. The molecule has 9 heteroatoms. The number of aliphatic hydroxyl groups is 1. The molecule has 0 unspecified atom stereocenters. The van der Waals surface area contributed by atoms with E-state index < -0.39 is 11.7 Å². The number of hydrogen-bond acceptors (Lipinski definition) is 5. The number of rotatable bonds is 6. The smallest absolute Gasteiger partial charge is 0.394 e. The predicted molar refractivity (Wildman–Crippen MR) is 112 cm³/mol. The van der Waals surface area contributed by atoms with Gasteiger partial charge in [0.1, 0.15) is 5.82 Å². The van der Waals surface area contributed by atoms with Crippen LogP contribution in [-0.4, -0.2) is 26.3 Å². The number of anilines is 3. The second kappa shape index (κ2) is 8.03. The number of pyridine rings is 1. The van der Waals surface area contributed by atoms with Crippen LogP contribution in [0.4, 0.5) is 30.6 Å². The van der Waals surface area contributed by atoms with Crippen molar-refractivity contribution in [1.82, 2.24) is 14.6 Å². The first kappa shape index (κ1) is 19.7. The van der Waals surface area contributed by atoms with Gasteiger partial charge in [0.05, 0.1) is 18.2 Å². The summed E-state index contributed by atoms with van der Waals surface area (Å²) in [6, 6.07) is 19.2. The normalized spacial score (nSPS) is 12.7. The summed E-state index contributed by atoms with van der Waals surface area (Å²) in [6.45, 7) is -0.119. The lowest BCUT2D eigenvalue weighted by Gasteiger charge is -2.18. The average Bonchev–Trinajstić information content (AvgIpc) is 3.15. The van der Waals surface area contributed by atoms with Crippen LogP contribution in [0.2, 0.25) is 0 Å². The van der Waals surface area contributed by atoms with E-state index in [0.717, 1.165) is 17.7 Å². The number of nitrogens with one attached hydrogen (secondary N) is 2. The molecule has 0 aliphatic rings. The van der Waals surface area contributed by atoms with Crippen molar-refractivity contribution < 1.29 is 21.1 Å². The molecule has 4 rings (SSSR count). The third kappa shape index (κ3) is 4.20. The topological polar surface area (TPSA) is 74.5 Å². The molecule has 0 fully saturated rings. The maximum Gasteiger partial charge on any atom is 0.416 e. The molecule has 0 aliphatic heterocycles. The Kier molecular flexibility index (Phi) is 5.28. The average molecular weight is 417 g/mol. The minimum absolute atomic E-state index is 0. The first-order valence-electron chi connectivity index (χ1n) is 9.16. The summed E-state index contributed by atoms with van der Waals surface area (Å²) in [6.07, 6.45) is -4.39. The standard InChI is InChI=1S/C21H18F3N5O.2H2/c22-21(23,24)15-9-11-16(12-10-15)25-20-27-19-8-4-7-18(29(19)28-20)26-17(13-30)14-5-2-1-3-6-14;;/h1-12,17,26,30H,13H2,(H,25,28);2*1H/t17-;;/m1../s1. The number of benzene rings is 2. The Morgan fingerprint density at radius 2 is 1.70 bits per heavy atom. The molecule has 2 aromatic carbocycles. The number of aromatic nitrogens is 3. The molecular formula is C21H22F3N5O. The Labute approximate surface area is 173 Å². The van der Waals surface area contributed by atoms with Crippen molar-refractivity contribution >= 4 is 23.1 Å². The Bertz CT molecular complexity index is 1140. The largest absolute Gasteiger partial charge is 0.416 e. The van der Waals surface area contributed by atoms with Crippen LogP contribution in [0.3, 0.4) is 0 Å². The lowest BCUT2D eigenvalue weighted by molar-refractivity contribution is -0.137. The van der Waals surface area contributed by atoms with Crippen LogP contribution < -0.4 is 10.6 Å². The minimum Gasteiger partial charge on any atom is -0.394 e. The van der Waals surface area contributed by atoms with Gasteiger partial charge < -0.3 is 15.7 Å². The van der Waals surface area contributed by atoms with E-state index in [1.165, 1.54) is 12.1 Å². The molecule has 0 aliphatic carbocycles. The molecule has 0 amide bonds. The van der Waals surface area contributed by atoms with E-state index >= 15 is 0 Å². The number of fused-ring (bicyclic) bond motifs is 1. The summed E-state index contributed by atoms with van der Waals surface area (Å²) in [4.78, 5) is 4.36. The zero-order valence-electron chi connectivity index (χ0n) is 15.6. The monoisotopic (exact) mass is 417 g/mol. The van der Waals surface area contributed by atoms with Crippen LogP contribution in [0.15, 0.2) is 72.8 Å². The van der Waals surface area contributed by atoms with Gasteiger partial charge in [-0.1, -0.05) is 36.4 Å². The van der Waals surface area contributed by atoms with E-state index in [1.807, 2.05) is 30.3 Å². The van der Waals surface area contributed by atoms with Crippen molar-refractivity contribution in [2.45, 2.75) is 12.2 Å². The van der Waals surface area contributed by atoms with Crippen molar-refractivity contribution in [2.75, 3.05) is 17.2 Å². The molecule has 4 aromatic rings. The van der Waals surface area contributed by atoms with Gasteiger partial charge in [0, 0.05) is 8.54 Å². The minimum atomic E-state index is -4.39. The number of halogens is 3. The van der Waals surface area contributed by atoms with E-state index in [2.05, 4.69) is 20.7 Å². The van der Waals surface area contributed by atoms with Crippen LogP contribution >= 0.6 is 0 Å². The summed E-state index contributed by atoms with van der Waals surface area (Å²) in [5.74, 6) is 0.854. The van der Waals surface area contributed by atoms with E-state index in [0.29, 0.717) is 17.2 Å². The summed E-state index contributed by atoms with van der Waals surface area (Å²) in [5, 5.41) is 20.3. The SMILES string of the molecule is OC[C@@H](Nc1cccc2nc(Nc3ccc(C(F)(F)F)cc3)nn12)c1ccccc1.[HH].[HH]. The highest BCUT2D eigenvalue weighted by Crippen LogP contribution is 2.30. The third-order valence-electron chi connectivity index (χ3n) is 4.53. The number of hydrogen-bond donors (Lipinski definition) is 3. The number of aliphatic hydroxyl groups excluding tert-OH is 1. The Hall–Kier alpha value is -3.59. The van der Waals surface area contributed by atoms with Gasteiger partial charge in [-0.2, -0.15) is 22.7 Å². The van der Waals surface area contributed by atoms with Crippen LogP contribution in [0.25, 0.3) is 5.65 Å². The first-order chi connectivity index (χ1) is 14.4. The highest BCUT2D eigenvalue weighted by atomic mass is 19.4. The quantitative estimate of drug-likeness (QED) is 0.406. The van der Waals surface area contributed by atoms with Crippen molar-refractivity contribution in [1.29, 1.82) is 0 Å². The highest BCUT2D eigenvalue weighted by molar-refractivity contribution is 5.58. The molecular weight excluding hydrogens is 395 g/mol. The summed E-state index contributed by atoms with van der Waals surface area (Å²) in [7, 11) is 0. The molecule has 3 N–H and O–H groups in total. The highest BCUT2D eigenvalue weighted by Gasteiger charge is 2.30. The Balaban J connectivity index is 0.00000181. The number of nitrogens with zero attached hydrogens (tertiary/aromatic N) is 3. The summed E-state index contributed by atoms with van der Waals surface area (Å²) < 4.78 is 39.7. The summed E-state index contributed by atoms with van der Waals surface area (Å²) in [5.41, 5.74) is 1.17. The molecule has 0 spiro atoms. The van der Waals surface area contributed by atoms with Crippen LogP contribution in [0, 0.1) is 0 Å². The molecule has 6 nitrogen and oxygen atoms in total. The lowest BCUT2D eigenvalue weighted by Crippen LogP contribution is -2.16. The molecule has 2 aromatic heterocycles. The number of alkyl halides is 3. The maximum absolute atomic E-state index is 12.7. The van der Waals surface area contributed by atoms with Gasteiger partial charge in [-0.3, -0.25) is 0 Å². The van der Waals surface area contributed by atoms with Crippen molar-refractivity contribution in [2.24, 2.45) is 0 Å².